The Balaban J connectivity index is 1.38. The first-order valence-electron chi connectivity index (χ1n) is 11.2. The molecule has 1 N–H and O–H groups in total. The standard InChI is InChI=1S/C21H31N5O4S/c1-2-25-15-18(13-23-25)31(28,29)26-10-6-9-17(14-26)19-11-20(30-24-19)21(27)22-12-16-7-4-3-5-8-16/h11,13,15-17H,2-10,12,14H2,1H3,(H,22,27)/t17-/m0/s1. The van der Waals surface area contributed by atoms with Crippen LogP contribution >= 0.6 is 0 Å². The number of hydrogen-bond donors (Lipinski definition) is 1. The quantitative estimate of drug-likeness (QED) is 0.696. The summed E-state index contributed by atoms with van der Waals surface area (Å²) in [6.45, 7) is 3.96. The number of carbonyl (C=O) groups excluding carboxylic acids is 1. The van der Waals surface area contributed by atoms with Crippen LogP contribution in [0.2, 0.25) is 0 Å². The van der Waals surface area contributed by atoms with Gasteiger partial charge in [-0.25, -0.2) is 8.42 Å². The van der Waals surface area contributed by atoms with Gasteiger partial charge in [0.2, 0.25) is 15.8 Å². The Labute approximate surface area is 183 Å². The molecule has 1 aliphatic carbocycles. The number of piperidine rings is 1. The maximum absolute atomic E-state index is 13.0. The number of nitrogens with one attached hydrogen (secondary N) is 1. The van der Waals surface area contributed by atoms with E-state index in [0.717, 1.165) is 25.7 Å². The van der Waals surface area contributed by atoms with E-state index in [2.05, 4.69) is 15.6 Å². The second kappa shape index (κ2) is 9.52. The second-order valence-electron chi connectivity index (χ2n) is 8.56. The third-order valence-electron chi connectivity index (χ3n) is 6.40. The molecular weight excluding hydrogens is 418 g/mol. The number of aromatic nitrogens is 3. The van der Waals surface area contributed by atoms with Crippen LogP contribution in [0.4, 0.5) is 0 Å². The minimum Gasteiger partial charge on any atom is -0.351 e. The largest absolute Gasteiger partial charge is 0.351 e. The van der Waals surface area contributed by atoms with Crippen molar-refractivity contribution in [3.8, 4) is 0 Å². The van der Waals surface area contributed by atoms with Gasteiger partial charge in [0.1, 0.15) is 4.90 Å². The lowest BCUT2D eigenvalue weighted by molar-refractivity contribution is 0.0906. The van der Waals surface area contributed by atoms with E-state index in [-0.39, 0.29) is 22.5 Å². The number of hydrogen-bond acceptors (Lipinski definition) is 6. The highest BCUT2D eigenvalue weighted by Gasteiger charge is 2.33. The van der Waals surface area contributed by atoms with Crippen molar-refractivity contribution in [2.24, 2.45) is 5.92 Å². The van der Waals surface area contributed by atoms with Gasteiger partial charge in [-0.15, -0.1) is 0 Å². The molecule has 0 aromatic carbocycles. The summed E-state index contributed by atoms with van der Waals surface area (Å²) >= 11 is 0. The third-order valence-corrected chi connectivity index (χ3v) is 8.22. The van der Waals surface area contributed by atoms with Gasteiger partial charge in [0, 0.05) is 44.4 Å². The van der Waals surface area contributed by atoms with Crippen molar-refractivity contribution in [1.82, 2.24) is 24.6 Å². The summed E-state index contributed by atoms with van der Waals surface area (Å²) < 4.78 is 34.4. The Morgan fingerprint density at radius 2 is 2.03 bits per heavy atom. The Hall–Kier alpha value is -2.20. The highest BCUT2D eigenvalue weighted by Crippen LogP contribution is 2.30. The summed E-state index contributed by atoms with van der Waals surface area (Å²) in [4.78, 5) is 12.7. The van der Waals surface area contributed by atoms with Crippen LogP contribution in [0.25, 0.3) is 0 Å². The zero-order valence-corrected chi connectivity index (χ0v) is 18.8. The van der Waals surface area contributed by atoms with Crippen LogP contribution in [-0.4, -0.2) is 53.2 Å². The van der Waals surface area contributed by atoms with Gasteiger partial charge >= 0.3 is 0 Å². The molecule has 1 amide bonds. The number of amides is 1. The molecule has 0 radical (unpaired) electrons. The highest BCUT2D eigenvalue weighted by molar-refractivity contribution is 7.89. The fourth-order valence-electron chi connectivity index (χ4n) is 4.51. The monoisotopic (exact) mass is 449 g/mol. The molecule has 2 aromatic heterocycles. The number of nitrogens with zero attached hydrogens (tertiary/aromatic N) is 4. The number of sulfonamides is 1. The normalized spacial score (nSPS) is 21.3. The smallest absolute Gasteiger partial charge is 0.289 e. The summed E-state index contributed by atoms with van der Waals surface area (Å²) in [5.41, 5.74) is 0.631. The van der Waals surface area contributed by atoms with Crippen LogP contribution in [-0.2, 0) is 16.6 Å². The van der Waals surface area contributed by atoms with Crippen LogP contribution in [0.1, 0.15) is 74.0 Å². The van der Waals surface area contributed by atoms with E-state index in [4.69, 9.17) is 4.52 Å². The van der Waals surface area contributed by atoms with Crippen molar-refractivity contribution in [1.29, 1.82) is 0 Å². The lowest BCUT2D eigenvalue weighted by atomic mass is 9.89. The molecule has 0 bridgehead atoms. The van der Waals surface area contributed by atoms with Gasteiger partial charge in [-0.3, -0.25) is 9.48 Å². The van der Waals surface area contributed by atoms with Crippen LogP contribution in [0.3, 0.4) is 0 Å². The molecule has 2 aromatic rings. The Morgan fingerprint density at radius 1 is 1.23 bits per heavy atom. The molecule has 4 rings (SSSR count). The van der Waals surface area contributed by atoms with E-state index in [9.17, 15) is 13.2 Å². The summed E-state index contributed by atoms with van der Waals surface area (Å²) in [7, 11) is -3.61. The van der Waals surface area contributed by atoms with Gasteiger partial charge in [0.05, 0.1) is 11.9 Å². The van der Waals surface area contributed by atoms with Gasteiger partial charge in [-0.1, -0.05) is 24.4 Å². The molecule has 2 fully saturated rings. The van der Waals surface area contributed by atoms with Crippen molar-refractivity contribution in [2.75, 3.05) is 19.6 Å². The Kier molecular flexibility index (Phi) is 6.76. The van der Waals surface area contributed by atoms with Crippen molar-refractivity contribution in [3.05, 3.63) is 29.9 Å². The highest BCUT2D eigenvalue weighted by atomic mass is 32.2. The first-order chi connectivity index (χ1) is 15.0. The molecule has 1 saturated carbocycles. The summed E-state index contributed by atoms with van der Waals surface area (Å²) in [6.07, 6.45) is 10.5. The number of rotatable bonds is 7. The lowest BCUT2D eigenvalue weighted by Crippen LogP contribution is -2.39. The molecule has 10 heteroatoms. The predicted octanol–water partition coefficient (Wildman–Crippen LogP) is 2.77. The molecule has 9 nitrogen and oxygen atoms in total. The maximum Gasteiger partial charge on any atom is 0.289 e. The second-order valence-corrected chi connectivity index (χ2v) is 10.5. The topological polar surface area (TPSA) is 110 Å². The first-order valence-corrected chi connectivity index (χ1v) is 12.7. The Bertz CT molecular complexity index is 993. The van der Waals surface area contributed by atoms with Gasteiger partial charge in [0.25, 0.3) is 5.91 Å². The van der Waals surface area contributed by atoms with Gasteiger partial charge in [0.15, 0.2) is 0 Å². The summed E-state index contributed by atoms with van der Waals surface area (Å²) in [5, 5.41) is 11.1. The zero-order valence-electron chi connectivity index (χ0n) is 18.0. The molecule has 1 saturated heterocycles. The fourth-order valence-corrected chi connectivity index (χ4v) is 5.98. The van der Waals surface area contributed by atoms with E-state index in [1.165, 1.54) is 29.8 Å². The van der Waals surface area contributed by atoms with Crippen LogP contribution in [0.5, 0.6) is 0 Å². The predicted molar refractivity (Wildman–Crippen MR) is 114 cm³/mol. The molecule has 3 heterocycles. The molecular formula is C21H31N5O4S. The minimum atomic E-state index is -3.61. The van der Waals surface area contributed by atoms with Crippen molar-refractivity contribution in [3.63, 3.8) is 0 Å². The summed E-state index contributed by atoms with van der Waals surface area (Å²) in [6, 6.07) is 1.66. The number of carbonyl (C=O) groups is 1. The van der Waals surface area contributed by atoms with Gasteiger partial charge in [-0.05, 0) is 38.5 Å². The van der Waals surface area contributed by atoms with E-state index >= 15 is 0 Å². The maximum atomic E-state index is 13.0. The van der Waals surface area contributed by atoms with E-state index in [0.29, 0.717) is 37.8 Å². The molecule has 2 aliphatic rings. The third kappa shape index (κ3) is 5.01. The first kappa shape index (κ1) is 22.0. The van der Waals surface area contributed by atoms with Gasteiger partial charge < -0.3 is 9.84 Å². The average molecular weight is 450 g/mol. The zero-order chi connectivity index (χ0) is 21.8. The Morgan fingerprint density at radius 3 is 2.77 bits per heavy atom. The molecule has 0 unspecified atom stereocenters. The molecule has 31 heavy (non-hydrogen) atoms. The molecule has 170 valence electrons. The van der Waals surface area contributed by atoms with Crippen LogP contribution in [0, 0.1) is 5.92 Å². The fraction of sp³-hybridized carbons (Fsp3) is 0.667. The molecule has 0 spiro atoms. The van der Waals surface area contributed by atoms with Crippen LogP contribution < -0.4 is 5.32 Å². The minimum absolute atomic E-state index is 0.103. The van der Waals surface area contributed by atoms with Crippen molar-refractivity contribution >= 4 is 15.9 Å². The average Bonchev–Trinajstić information content (AvgIpc) is 3.48. The van der Waals surface area contributed by atoms with E-state index in [1.807, 2.05) is 6.92 Å². The lowest BCUT2D eigenvalue weighted by Gasteiger charge is -2.30. The molecule has 1 aliphatic heterocycles. The van der Waals surface area contributed by atoms with E-state index in [1.54, 1.807) is 16.9 Å². The van der Waals surface area contributed by atoms with Gasteiger partial charge in [-0.2, -0.15) is 9.40 Å². The van der Waals surface area contributed by atoms with Crippen LogP contribution in [0.15, 0.2) is 27.9 Å². The number of aryl methyl sites for hydroxylation is 1. The molecule has 1 atom stereocenters. The van der Waals surface area contributed by atoms with Crippen molar-refractivity contribution in [2.45, 2.75) is 69.2 Å². The van der Waals surface area contributed by atoms with Crippen molar-refractivity contribution < 1.29 is 17.7 Å². The van der Waals surface area contributed by atoms with E-state index < -0.39 is 10.0 Å². The summed E-state index contributed by atoms with van der Waals surface area (Å²) in [5.74, 6) is 0.370. The SMILES string of the molecule is CCn1cc(S(=O)(=O)N2CCC[C@H](c3cc(C(=O)NCC4CCCCC4)on3)C2)cn1.